The van der Waals surface area contributed by atoms with E-state index in [9.17, 15) is 20.0 Å². The molecule has 0 radical (unpaired) electrons. The summed E-state index contributed by atoms with van der Waals surface area (Å²) in [5.74, 6) is -0.974. The summed E-state index contributed by atoms with van der Waals surface area (Å²) < 4.78 is 15.6. The highest BCUT2D eigenvalue weighted by molar-refractivity contribution is 6.05. The lowest BCUT2D eigenvalue weighted by molar-refractivity contribution is -0.386. The van der Waals surface area contributed by atoms with Crippen molar-refractivity contribution < 1.29 is 28.8 Å². The van der Waals surface area contributed by atoms with Gasteiger partial charge in [0.05, 0.1) is 12.0 Å². The maximum Gasteiger partial charge on any atom is 0.326 e. The lowest BCUT2D eigenvalue weighted by Crippen LogP contribution is -2.05. The van der Waals surface area contributed by atoms with E-state index < -0.39 is 22.1 Å². The van der Waals surface area contributed by atoms with Gasteiger partial charge in [-0.1, -0.05) is 23.4 Å². The molecule has 0 bridgehead atoms. The summed E-state index contributed by atoms with van der Waals surface area (Å²) in [6, 6.07) is 10.2. The SMILES string of the molecule is COc1cc(-c2noc(COc3ccccc3)n2)c(C(C)=O)c([N+](=O)[O-])c1O. The number of carbonyl (C=O) groups excluding carboxylic acids is 1. The van der Waals surface area contributed by atoms with Crippen molar-refractivity contribution in [2.45, 2.75) is 13.5 Å². The summed E-state index contributed by atoms with van der Waals surface area (Å²) in [6.07, 6.45) is 0. The zero-order valence-corrected chi connectivity index (χ0v) is 14.9. The largest absolute Gasteiger partial charge is 0.499 e. The quantitative estimate of drug-likeness (QED) is 0.369. The van der Waals surface area contributed by atoms with Gasteiger partial charge in [0, 0.05) is 5.56 Å². The van der Waals surface area contributed by atoms with Crippen molar-refractivity contribution in [3.8, 4) is 28.6 Å². The Hall–Kier alpha value is -3.95. The number of methoxy groups -OCH3 is 1. The molecule has 144 valence electrons. The van der Waals surface area contributed by atoms with Crippen LogP contribution >= 0.6 is 0 Å². The van der Waals surface area contributed by atoms with E-state index in [1.54, 1.807) is 24.3 Å². The molecule has 0 unspecified atom stereocenters. The number of hydrogen-bond acceptors (Lipinski definition) is 9. The van der Waals surface area contributed by atoms with Crippen LogP contribution in [0.5, 0.6) is 17.2 Å². The predicted molar refractivity (Wildman–Crippen MR) is 95.4 cm³/mol. The minimum absolute atomic E-state index is 0.00330. The minimum Gasteiger partial charge on any atom is -0.499 e. The Morgan fingerprint density at radius 1 is 1.32 bits per heavy atom. The Balaban J connectivity index is 2.01. The fourth-order valence-corrected chi connectivity index (χ4v) is 2.59. The monoisotopic (exact) mass is 385 g/mol. The number of hydrogen-bond donors (Lipinski definition) is 1. The average Bonchev–Trinajstić information content (AvgIpc) is 3.15. The first kappa shape index (κ1) is 18.8. The second-order valence-corrected chi connectivity index (χ2v) is 5.63. The number of carbonyl (C=O) groups is 1. The molecule has 3 rings (SSSR count). The molecule has 2 aromatic carbocycles. The van der Waals surface area contributed by atoms with E-state index in [1.165, 1.54) is 13.2 Å². The molecule has 0 aliphatic carbocycles. The van der Waals surface area contributed by atoms with Crippen molar-refractivity contribution >= 4 is 11.5 Å². The highest BCUT2D eigenvalue weighted by Crippen LogP contribution is 2.43. The van der Waals surface area contributed by atoms with Gasteiger partial charge in [0.2, 0.25) is 11.6 Å². The molecule has 28 heavy (non-hydrogen) atoms. The molecular formula is C18H15N3O7. The number of aromatic hydroxyl groups is 1. The third kappa shape index (κ3) is 3.61. The highest BCUT2D eigenvalue weighted by atomic mass is 16.6. The number of aromatic nitrogens is 2. The van der Waals surface area contributed by atoms with Gasteiger partial charge in [-0.05, 0) is 25.1 Å². The molecule has 0 spiro atoms. The fraction of sp³-hybridized carbons (Fsp3) is 0.167. The Morgan fingerprint density at radius 2 is 2.04 bits per heavy atom. The van der Waals surface area contributed by atoms with Crippen LogP contribution in [-0.2, 0) is 6.61 Å². The molecule has 3 aromatic rings. The van der Waals surface area contributed by atoms with Crippen LogP contribution in [-0.4, -0.2) is 33.1 Å². The molecular weight excluding hydrogens is 370 g/mol. The summed E-state index contributed by atoms with van der Waals surface area (Å²) in [7, 11) is 1.23. The van der Waals surface area contributed by atoms with Crippen LogP contribution in [0.2, 0.25) is 0 Å². The van der Waals surface area contributed by atoms with Crippen molar-refractivity contribution in [2.24, 2.45) is 0 Å². The van der Waals surface area contributed by atoms with Crippen molar-refractivity contribution in [3.63, 3.8) is 0 Å². The van der Waals surface area contributed by atoms with Crippen LogP contribution < -0.4 is 9.47 Å². The fourth-order valence-electron chi connectivity index (χ4n) is 2.59. The van der Waals surface area contributed by atoms with Crippen molar-refractivity contribution in [1.82, 2.24) is 10.1 Å². The molecule has 10 heteroatoms. The lowest BCUT2D eigenvalue weighted by Gasteiger charge is -2.10. The zero-order valence-electron chi connectivity index (χ0n) is 14.9. The first-order valence-corrected chi connectivity index (χ1v) is 8.02. The minimum atomic E-state index is -0.863. The van der Waals surface area contributed by atoms with E-state index in [-0.39, 0.29) is 35.2 Å². The number of rotatable bonds is 7. The third-order valence-electron chi connectivity index (χ3n) is 3.81. The van der Waals surface area contributed by atoms with Crippen molar-refractivity contribution in [2.75, 3.05) is 7.11 Å². The number of nitro groups is 1. The van der Waals surface area contributed by atoms with Gasteiger partial charge in [-0.15, -0.1) is 0 Å². The summed E-state index contributed by atoms with van der Waals surface area (Å²) in [4.78, 5) is 26.7. The second kappa shape index (κ2) is 7.74. The van der Waals surface area contributed by atoms with E-state index in [2.05, 4.69) is 10.1 Å². The van der Waals surface area contributed by atoms with Crippen LogP contribution in [0.4, 0.5) is 5.69 Å². The molecule has 0 aliphatic heterocycles. The van der Waals surface area contributed by atoms with Gasteiger partial charge in [0.15, 0.2) is 18.1 Å². The average molecular weight is 385 g/mol. The second-order valence-electron chi connectivity index (χ2n) is 5.63. The number of ether oxygens (including phenoxy) is 2. The molecule has 0 amide bonds. The van der Waals surface area contributed by atoms with Crippen LogP contribution in [0.3, 0.4) is 0 Å². The maximum atomic E-state index is 12.1. The Morgan fingerprint density at radius 3 is 2.64 bits per heavy atom. The number of nitro benzene ring substituents is 1. The number of phenols is 1. The normalized spacial score (nSPS) is 10.5. The number of benzene rings is 2. The van der Waals surface area contributed by atoms with Gasteiger partial charge in [-0.3, -0.25) is 14.9 Å². The number of phenolic OH excluding ortho intramolecular Hbond substituents is 1. The molecule has 0 fully saturated rings. The molecule has 10 nitrogen and oxygen atoms in total. The van der Waals surface area contributed by atoms with E-state index in [4.69, 9.17) is 14.0 Å². The van der Waals surface area contributed by atoms with Gasteiger partial charge >= 0.3 is 5.69 Å². The molecule has 0 saturated carbocycles. The van der Waals surface area contributed by atoms with Crippen LogP contribution in [0.15, 0.2) is 40.9 Å². The van der Waals surface area contributed by atoms with Crippen molar-refractivity contribution in [3.05, 3.63) is 58.0 Å². The van der Waals surface area contributed by atoms with Crippen molar-refractivity contribution in [1.29, 1.82) is 0 Å². The van der Waals surface area contributed by atoms with E-state index in [0.717, 1.165) is 6.92 Å². The van der Waals surface area contributed by atoms with Crippen LogP contribution in [0.1, 0.15) is 23.2 Å². The number of ketones is 1. The number of Topliss-reactive ketones (excluding diaryl/α,β-unsaturated/α-hetero) is 1. The summed E-state index contributed by atoms with van der Waals surface area (Å²) in [5.41, 5.74) is -1.13. The Kier molecular flexibility index (Phi) is 5.21. The molecule has 1 N–H and O–H groups in total. The number of para-hydroxylation sites is 1. The van der Waals surface area contributed by atoms with E-state index in [0.29, 0.717) is 5.75 Å². The first-order valence-electron chi connectivity index (χ1n) is 8.02. The number of nitrogens with zero attached hydrogens (tertiary/aromatic N) is 3. The van der Waals surface area contributed by atoms with Gasteiger partial charge in [-0.25, -0.2) is 0 Å². The highest BCUT2D eigenvalue weighted by Gasteiger charge is 2.32. The van der Waals surface area contributed by atoms with E-state index in [1.807, 2.05) is 6.07 Å². The molecule has 0 atom stereocenters. The van der Waals surface area contributed by atoms with Crippen LogP contribution in [0.25, 0.3) is 11.4 Å². The Bertz CT molecular complexity index is 1030. The van der Waals surface area contributed by atoms with Gasteiger partial charge < -0.3 is 19.1 Å². The molecule has 1 heterocycles. The molecule has 0 saturated heterocycles. The van der Waals surface area contributed by atoms with Gasteiger partial charge in [-0.2, -0.15) is 4.98 Å². The van der Waals surface area contributed by atoms with Gasteiger partial charge in [0.1, 0.15) is 11.3 Å². The van der Waals surface area contributed by atoms with Gasteiger partial charge in [0.25, 0.3) is 5.89 Å². The zero-order chi connectivity index (χ0) is 20.3. The molecule has 1 aromatic heterocycles. The van der Waals surface area contributed by atoms with Crippen LogP contribution in [0, 0.1) is 10.1 Å². The Labute approximate surface area is 158 Å². The topological polar surface area (TPSA) is 138 Å². The standard InChI is InChI=1S/C18H15N3O7/c1-10(22)15-12(8-13(26-2)17(23)16(15)21(24)25)18-19-14(28-20-18)9-27-11-6-4-3-5-7-11/h3-8,23H,9H2,1-2H3. The lowest BCUT2D eigenvalue weighted by atomic mass is 10.00. The smallest absolute Gasteiger partial charge is 0.326 e. The predicted octanol–water partition coefficient (Wildman–Crippen LogP) is 3.14. The maximum absolute atomic E-state index is 12.1. The van der Waals surface area contributed by atoms with E-state index >= 15 is 0 Å². The summed E-state index contributed by atoms with van der Waals surface area (Å²) in [5, 5.41) is 25.3. The first-order chi connectivity index (χ1) is 13.4. The third-order valence-corrected chi connectivity index (χ3v) is 3.81. The molecule has 0 aliphatic rings. The summed E-state index contributed by atoms with van der Waals surface area (Å²) >= 11 is 0. The summed E-state index contributed by atoms with van der Waals surface area (Å²) in [6.45, 7) is 1.10.